The van der Waals surface area contributed by atoms with Crippen LogP contribution in [0.15, 0.2) is 54.7 Å². The van der Waals surface area contributed by atoms with Gasteiger partial charge in [-0.25, -0.2) is 13.9 Å². The fourth-order valence-electron chi connectivity index (χ4n) is 4.34. The Kier molecular flexibility index (Phi) is 6.94. The highest BCUT2D eigenvalue weighted by molar-refractivity contribution is 7.20. The summed E-state index contributed by atoms with van der Waals surface area (Å²) in [6, 6.07) is 14.3. The van der Waals surface area contributed by atoms with Crippen LogP contribution in [0.25, 0.3) is 16.2 Å². The zero-order chi connectivity index (χ0) is 24.2. The van der Waals surface area contributed by atoms with E-state index in [0.29, 0.717) is 19.7 Å². The number of fused-ring (bicyclic) bond motifs is 1. The molecule has 2 aromatic carbocycles. The summed E-state index contributed by atoms with van der Waals surface area (Å²) in [6.07, 6.45) is 4.47. The third kappa shape index (κ3) is 5.45. The van der Waals surface area contributed by atoms with Crippen molar-refractivity contribution in [3.05, 3.63) is 66.1 Å². The molecule has 1 amide bonds. The number of anilines is 1. The number of imidazole rings is 1. The molecule has 1 saturated heterocycles. The van der Waals surface area contributed by atoms with Crippen LogP contribution in [-0.4, -0.2) is 46.7 Å². The first-order valence-corrected chi connectivity index (χ1v) is 12.8. The first-order chi connectivity index (χ1) is 17.1. The number of nitrogens with one attached hydrogen (secondary N) is 1. The van der Waals surface area contributed by atoms with Gasteiger partial charge in [0.1, 0.15) is 11.6 Å². The van der Waals surface area contributed by atoms with Gasteiger partial charge in [0.25, 0.3) is 0 Å². The smallest absolute Gasteiger partial charge is 0.224 e. The van der Waals surface area contributed by atoms with Gasteiger partial charge < -0.3 is 15.0 Å². The highest BCUT2D eigenvalue weighted by Gasteiger charge is 2.27. The Morgan fingerprint density at radius 2 is 2.00 bits per heavy atom. The first-order valence-electron chi connectivity index (χ1n) is 12.0. The maximum absolute atomic E-state index is 13.2. The number of nitrogens with zero attached hydrogens (tertiary/aromatic N) is 4. The van der Waals surface area contributed by atoms with Crippen LogP contribution in [0.5, 0.6) is 5.75 Å². The van der Waals surface area contributed by atoms with Crippen molar-refractivity contribution in [2.75, 3.05) is 31.1 Å². The van der Waals surface area contributed by atoms with Crippen molar-refractivity contribution in [3.63, 3.8) is 0 Å². The Morgan fingerprint density at radius 1 is 1.20 bits per heavy atom. The fraction of sp³-hybridized carbons (Fsp3) is 0.346. The van der Waals surface area contributed by atoms with E-state index in [1.807, 2.05) is 37.4 Å². The number of benzene rings is 2. The van der Waals surface area contributed by atoms with E-state index in [1.54, 1.807) is 16.6 Å². The molecule has 1 aliphatic rings. The Balaban J connectivity index is 1.16. The van der Waals surface area contributed by atoms with Crippen molar-refractivity contribution in [1.29, 1.82) is 0 Å². The van der Waals surface area contributed by atoms with Crippen LogP contribution < -0.4 is 15.0 Å². The first kappa shape index (κ1) is 23.3. The van der Waals surface area contributed by atoms with Gasteiger partial charge in [0.05, 0.1) is 24.4 Å². The van der Waals surface area contributed by atoms with Crippen molar-refractivity contribution >= 4 is 27.3 Å². The summed E-state index contributed by atoms with van der Waals surface area (Å²) in [5, 5.41) is 8.67. The maximum Gasteiger partial charge on any atom is 0.224 e. The van der Waals surface area contributed by atoms with E-state index in [-0.39, 0.29) is 17.6 Å². The molecule has 0 aliphatic carbocycles. The number of halogens is 1. The molecule has 1 N–H and O–H groups in total. The number of carbonyl (C=O) groups is 1. The highest BCUT2D eigenvalue weighted by Crippen LogP contribution is 2.30. The molecule has 2 aromatic heterocycles. The Bertz CT molecular complexity index is 1250. The number of amides is 1. The lowest BCUT2D eigenvalue weighted by Gasteiger charge is -2.31. The molecule has 1 atom stereocenters. The predicted octanol–water partition coefficient (Wildman–Crippen LogP) is 4.57. The molecule has 0 radical (unpaired) electrons. The quantitative estimate of drug-likeness (QED) is 0.389. The van der Waals surface area contributed by atoms with Crippen molar-refractivity contribution in [1.82, 2.24) is 19.9 Å². The van der Waals surface area contributed by atoms with Gasteiger partial charge in [-0.3, -0.25) is 4.79 Å². The molecule has 0 saturated carbocycles. The summed E-state index contributed by atoms with van der Waals surface area (Å²) < 4.78 is 20.4. The number of piperidine rings is 1. The number of rotatable bonds is 8. The fourth-order valence-corrected chi connectivity index (χ4v) is 5.25. The Morgan fingerprint density at radius 3 is 2.74 bits per heavy atom. The molecule has 3 heterocycles. The van der Waals surface area contributed by atoms with E-state index in [9.17, 15) is 9.18 Å². The molecule has 1 unspecified atom stereocenters. The van der Waals surface area contributed by atoms with Crippen molar-refractivity contribution < 1.29 is 13.9 Å². The molecule has 1 fully saturated rings. The molecule has 7 nitrogen and oxygen atoms in total. The van der Waals surface area contributed by atoms with Gasteiger partial charge in [0, 0.05) is 25.2 Å². The lowest BCUT2D eigenvalue weighted by atomic mass is 9.97. The molecule has 9 heteroatoms. The van der Waals surface area contributed by atoms with Crippen LogP contribution in [0.4, 0.5) is 9.52 Å². The van der Waals surface area contributed by atoms with Crippen molar-refractivity contribution in [2.24, 2.45) is 5.92 Å². The highest BCUT2D eigenvalue weighted by atomic mass is 32.1. The lowest BCUT2D eigenvalue weighted by molar-refractivity contribution is -0.125. The maximum atomic E-state index is 13.2. The average Bonchev–Trinajstić information content (AvgIpc) is 3.46. The minimum Gasteiger partial charge on any atom is -0.494 e. The standard InChI is InChI=1S/C26H28FN5O2S/c1-2-34-22-11-5-18(6-12-22)13-14-28-24(33)20-4-3-15-31(16-20)26-30-32-17-23(29-25(32)35-26)19-7-9-21(27)10-8-19/h5-12,17,20H,2-4,13-16H2,1H3,(H,28,33). The minimum absolute atomic E-state index is 0.0601. The number of hydrogen-bond donors (Lipinski definition) is 1. The zero-order valence-electron chi connectivity index (χ0n) is 19.6. The molecular weight excluding hydrogens is 465 g/mol. The normalized spacial score (nSPS) is 15.9. The largest absolute Gasteiger partial charge is 0.494 e. The van der Waals surface area contributed by atoms with Crippen LogP contribution in [-0.2, 0) is 11.2 Å². The number of hydrogen-bond acceptors (Lipinski definition) is 6. The van der Waals surface area contributed by atoms with Gasteiger partial charge in [-0.2, -0.15) is 0 Å². The summed E-state index contributed by atoms with van der Waals surface area (Å²) >= 11 is 1.51. The summed E-state index contributed by atoms with van der Waals surface area (Å²) in [5.74, 6) is 0.634. The van der Waals surface area contributed by atoms with Gasteiger partial charge in [-0.1, -0.05) is 23.5 Å². The lowest BCUT2D eigenvalue weighted by Crippen LogP contribution is -2.43. The monoisotopic (exact) mass is 493 g/mol. The minimum atomic E-state index is -0.268. The van der Waals surface area contributed by atoms with Crippen LogP contribution in [0, 0.1) is 11.7 Å². The van der Waals surface area contributed by atoms with E-state index in [4.69, 9.17) is 9.84 Å². The summed E-state index contributed by atoms with van der Waals surface area (Å²) in [4.78, 5) is 20.4. The third-order valence-electron chi connectivity index (χ3n) is 6.18. The Labute approximate surface area is 207 Å². The molecule has 5 rings (SSSR count). The third-order valence-corrected chi connectivity index (χ3v) is 7.17. The molecule has 0 bridgehead atoms. The summed E-state index contributed by atoms with van der Waals surface area (Å²) in [6.45, 7) is 4.75. The SMILES string of the molecule is CCOc1ccc(CCNC(=O)C2CCCN(c3nn4cc(-c5ccc(F)cc5)nc4s3)C2)cc1. The summed E-state index contributed by atoms with van der Waals surface area (Å²) in [5.41, 5.74) is 2.79. The second-order valence-corrected chi connectivity index (χ2v) is 9.58. The number of aromatic nitrogens is 3. The average molecular weight is 494 g/mol. The van der Waals surface area contributed by atoms with E-state index in [0.717, 1.165) is 52.9 Å². The van der Waals surface area contributed by atoms with E-state index in [1.165, 1.54) is 29.0 Å². The van der Waals surface area contributed by atoms with Crippen LogP contribution in [0.2, 0.25) is 0 Å². The van der Waals surface area contributed by atoms with Gasteiger partial charge in [0.15, 0.2) is 0 Å². The number of ether oxygens (including phenoxy) is 1. The second kappa shape index (κ2) is 10.4. The van der Waals surface area contributed by atoms with Gasteiger partial charge in [0.2, 0.25) is 16.0 Å². The van der Waals surface area contributed by atoms with Crippen LogP contribution in [0.3, 0.4) is 0 Å². The van der Waals surface area contributed by atoms with E-state index in [2.05, 4.69) is 15.2 Å². The van der Waals surface area contributed by atoms with Gasteiger partial charge >= 0.3 is 0 Å². The molecule has 1 aliphatic heterocycles. The second-order valence-electron chi connectivity index (χ2n) is 8.65. The van der Waals surface area contributed by atoms with Crippen LogP contribution >= 0.6 is 11.3 Å². The molecule has 35 heavy (non-hydrogen) atoms. The Hall–Kier alpha value is -3.46. The summed E-state index contributed by atoms with van der Waals surface area (Å²) in [7, 11) is 0. The van der Waals surface area contributed by atoms with Gasteiger partial charge in [-0.15, -0.1) is 5.10 Å². The molecular formula is C26H28FN5O2S. The van der Waals surface area contributed by atoms with Gasteiger partial charge in [-0.05, 0) is 68.1 Å². The van der Waals surface area contributed by atoms with Crippen molar-refractivity contribution in [2.45, 2.75) is 26.2 Å². The zero-order valence-corrected chi connectivity index (χ0v) is 20.4. The van der Waals surface area contributed by atoms with Crippen molar-refractivity contribution in [3.8, 4) is 17.0 Å². The molecule has 4 aromatic rings. The van der Waals surface area contributed by atoms with E-state index < -0.39 is 0 Å². The predicted molar refractivity (Wildman–Crippen MR) is 136 cm³/mol. The van der Waals surface area contributed by atoms with Crippen LogP contribution in [0.1, 0.15) is 25.3 Å². The van der Waals surface area contributed by atoms with E-state index >= 15 is 0 Å². The number of carbonyl (C=O) groups excluding carboxylic acids is 1. The topological polar surface area (TPSA) is 71.8 Å². The molecule has 182 valence electrons. The molecule has 0 spiro atoms.